The second-order valence-electron chi connectivity index (χ2n) is 2.95. The van der Waals surface area contributed by atoms with Gasteiger partial charge in [0.05, 0.1) is 15.4 Å². The zero-order valence-electron chi connectivity index (χ0n) is 7.46. The van der Waals surface area contributed by atoms with E-state index in [1.54, 1.807) is 6.20 Å². The summed E-state index contributed by atoms with van der Waals surface area (Å²) in [5.74, 6) is 0.594. The molecular weight excluding hydrogens is 232 g/mol. The second kappa shape index (κ2) is 3.29. The molecule has 3 aromatic heterocycles. The highest BCUT2D eigenvalue weighted by molar-refractivity contribution is 7.19. The van der Waals surface area contributed by atoms with Crippen molar-refractivity contribution in [3.05, 3.63) is 35.1 Å². The molecule has 0 amide bonds. The van der Waals surface area contributed by atoms with Crippen molar-refractivity contribution in [2.45, 2.75) is 0 Å². The molecule has 0 aromatic carbocycles. The number of aromatic nitrogens is 4. The summed E-state index contributed by atoms with van der Waals surface area (Å²) in [6, 6.07) is 3.81. The van der Waals surface area contributed by atoms with Gasteiger partial charge in [0.1, 0.15) is 5.69 Å². The van der Waals surface area contributed by atoms with Crippen molar-refractivity contribution in [3.63, 3.8) is 0 Å². The molecule has 74 valence electrons. The lowest BCUT2D eigenvalue weighted by Crippen LogP contribution is -1.87. The highest BCUT2D eigenvalue weighted by Gasteiger charge is 2.06. The molecule has 0 aliphatic heterocycles. The average Bonchev–Trinajstić information content (AvgIpc) is 2.82. The van der Waals surface area contributed by atoms with Crippen LogP contribution in [0.3, 0.4) is 0 Å². The number of thiophene rings is 1. The first kappa shape index (κ1) is 8.82. The second-order valence-corrected chi connectivity index (χ2v) is 4.67. The number of fused-ring (bicyclic) bond motifs is 1. The number of nitrogens with zero attached hydrogens (tertiary/aromatic N) is 4. The molecule has 0 spiro atoms. The highest BCUT2D eigenvalue weighted by atomic mass is 35.5. The maximum Gasteiger partial charge on any atom is 0.254 e. The van der Waals surface area contributed by atoms with Crippen molar-refractivity contribution < 1.29 is 0 Å². The normalized spacial score (nSPS) is 11.0. The fraction of sp³-hybridized carbons (Fsp3) is 0. The minimum absolute atomic E-state index is 0.594. The van der Waals surface area contributed by atoms with Crippen LogP contribution >= 0.6 is 22.9 Å². The van der Waals surface area contributed by atoms with Crippen LogP contribution in [-0.2, 0) is 0 Å². The molecule has 0 N–H and O–H groups in total. The average molecular weight is 237 g/mol. The van der Waals surface area contributed by atoms with Gasteiger partial charge in [-0.15, -0.1) is 16.4 Å². The van der Waals surface area contributed by atoms with E-state index in [9.17, 15) is 0 Å². The first-order chi connectivity index (χ1) is 7.33. The van der Waals surface area contributed by atoms with E-state index in [1.165, 1.54) is 11.3 Å². The third-order valence-electron chi connectivity index (χ3n) is 1.98. The summed E-state index contributed by atoms with van der Waals surface area (Å²) in [5, 5.41) is 7.68. The maximum absolute atomic E-state index is 5.86. The van der Waals surface area contributed by atoms with Gasteiger partial charge in [-0.1, -0.05) is 11.6 Å². The largest absolute Gasteiger partial charge is 0.288 e. The van der Waals surface area contributed by atoms with Crippen molar-refractivity contribution in [2.75, 3.05) is 0 Å². The van der Waals surface area contributed by atoms with E-state index >= 15 is 0 Å². The summed E-state index contributed by atoms with van der Waals surface area (Å²) < 4.78 is 2.59. The van der Waals surface area contributed by atoms with Crippen LogP contribution in [0.5, 0.6) is 0 Å². The van der Waals surface area contributed by atoms with Crippen molar-refractivity contribution in [2.24, 2.45) is 0 Å². The Labute approximate surface area is 94.2 Å². The fourth-order valence-electron chi connectivity index (χ4n) is 1.32. The van der Waals surface area contributed by atoms with Gasteiger partial charge >= 0.3 is 0 Å². The van der Waals surface area contributed by atoms with Crippen molar-refractivity contribution >= 4 is 28.7 Å². The summed E-state index contributed by atoms with van der Waals surface area (Å²) in [6.07, 6.45) is 5.35. The monoisotopic (exact) mass is 236 g/mol. The number of hydrogen-bond donors (Lipinski definition) is 0. The number of rotatable bonds is 1. The third-order valence-corrected chi connectivity index (χ3v) is 3.23. The minimum Gasteiger partial charge on any atom is -0.288 e. The van der Waals surface area contributed by atoms with E-state index in [2.05, 4.69) is 15.2 Å². The Morgan fingerprint density at radius 3 is 3.00 bits per heavy atom. The number of halogens is 1. The summed E-state index contributed by atoms with van der Waals surface area (Å²) in [4.78, 5) is 5.37. The van der Waals surface area contributed by atoms with E-state index < -0.39 is 0 Å². The van der Waals surface area contributed by atoms with Crippen LogP contribution in [0.2, 0.25) is 4.34 Å². The number of hydrogen-bond acceptors (Lipinski definition) is 4. The van der Waals surface area contributed by atoms with Crippen LogP contribution < -0.4 is 0 Å². The maximum atomic E-state index is 5.86. The van der Waals surface area contributed by atoms with E-state index in [0.717, 1.165) is 14.9 Å². The van der Waals surface area contributed by atoms with Crippen molar-refractivity contribution in [3.8, 4) is 10.6 Å². The van der Waals surface area contributed by atoms with Gasteiger partial charge in [-0.3, -0.25) is 4.40 Å². The van der Waals surface area contributed by atoms with Gasteiger partial charge in [-0.05, 0) is 12.1 Å². The molecule has 3 rings (SSSR count). The highest BCUT2D eigenvalue weighted by Crippen LogP contribution is 2.29. The summed E-state index contributed by atoms with van der Waals surface area (Å²) >= 11 is 7.36. The van der Waals surface area contributed by atoms with Crippen LogP contribution in [0, 0.1) is 0 Å². The Hall–Kier alpha value is -1.46. The molecule has 3 aromatic rings. The Morgan fingerprint density at radius 1 is 1.33 bits per heavy atom. The van der Waals surface area contributed by atoms with E-state index in [0.29, 0.717) is 5.78 Å². The summed E-state index contributed by atoms with van der Waals surface area (Å²) in [7, 11) is 0. The molecular formula is C9H5ClN4S. The fourth-order valence-corrected chi connectivity index (χ4v) is 2.32. The lowest BCUT2D eigenvalue weighted by molar-refractivity contribution is 0.966. The van der Waals surface area contributed by atoms with E-state index in [-0.39, 0.29) is 0 Å². The molecule has 0 saturated carbocycles. The van der Waals surface area contributed by atoms with Crippen molar-refractivity contribution in [1.29, 1.82) is 0 Å². The molecule has 15 heavy (non-hydrogen) atoms. The molecule has 0 unspecified atom stereocenters. The molecule has 3 heterocycles. The predicted molar refractivity (Wildman–Crippen MR) is 59.1 cm³/mol. The summed E-state index contributed by atoms with van der Waals surface area (Å²) in [6.45, 7) is 0. The standard InChI is InChI=1S/C9H5ClN4S/c10-8-2-1-7(15-8)6-5-14-4-3-11-13-9(14)12-6/h1-5H. The van der Waals surface area contributed by atoms with Gasteiger partial charge in [-0.2, -0.15) is 5.10 Å². The Balaban J connectivity index is 2.19. The molecule has 0 saturated heterocycles. The van der Waals surface area contributed by atoms with Crippen LogP contribution in [0.25, 0.3) is 16.3 Å². The van der Waals surface area contributed by atoms with Gasteiger partial charge in [0.15, 0.2) is 0 Å². The van der Waals surface area contributed by atoms with Crippen LogP contribution in [0.4, 0.5) is 0 Å². The molecule has 0 bridgehead atoms. The van der Waals surface area contributed by atoms with Crippen LogP contribution in [0.15, 0.2) is 30.7 Å². The molecule has 0 atom stereocenters. The van der Waals surface area contributed by atoms with Gasteiger partial charge in [0.2, 0.25) is 0 Å². The van der Waals surface area contributed by atoms with Crippen LogP contribution in [-0.4, -0.2) is 19.6 Å². The number of imidazole rings is 1. The molecule has 0 radical (unpaired) electrons. The quantitative estimate of drug-likeness (QED) is 0.652. The zero-order chi connectivity index (χ0) is 10.3. The minimum atomic E-state index is 0.594. The Kier molecular flexibility index (Phi) is 1.93. The SMILES string of the molecule is Clc1ccc(-c2cn3ccnnc3n2)s1. The molecule has 0 aliphatic carbocycles. The lowest BCUT2D eigenvalue weighted by atomic mass is 10.4. The molecule has 0 aliphatic rings. The van der Waals surface area contributed by atoms with Gasteiger partial charge in [0.25, 0.3) is 5.78 Å². The van der Waals surface area contributed by atoms with E-state index in [4.69, 9.17) is 11.6 Å². The Bertz CT molecular complexity index is 582. The molecule has 6 heteroatoms. The molecule has 4 nitrogen and oxygen atoms in total. The summed E-state index contributed by atoms with van der Waals surface area (Å²) in [5.41, 5.74) is 0.868. The molecule has 0 fully saturated rings. The lowest BCUT2D eigenvalue weighted by Gasteiger charge is -1.85. The van der Waals surface area contributed by atoms with Gasteiger partial charge < -0.3 is 0 Å². The van der Waals surface area contributed by atoms with Gasteiger partial charge in [-0.25, -0.2) is 4.98 Å². The topological polar surface area (TPSA) is 43.1 Å². The van der Waals surface area contributed by atoms with E-state index in [1.807, 2.05) is 28.9 Å². The smallest absolute Gasteiger partial charge is 0.254 e. The van der Waals surface area contributed by atoms with Crippen molar-refractivity contribution in [1.82, 2.24) is 19.6 Å². The third kappa shape index (κ3) is 1.49. The van der Waals surface area contributed by atoms with Gasteiger partial charge in [0, 0.05) is 12.4 Å². The first-order valence-corrected chi connectivity index (χ1v) is 5.44. The Morgan fingerprint density at radius 2 is 2.27 bits per heavy atom. The predicted octanol–water partition coefficient (Wildman–Crippen LogP) is 2.51. The zero-order valence-corrected chi connectivity index (χ0v) is 9.03. The van der Waals surface area contributed by atoms with Crippen LogP contribution in [0.1, 0.15) is 0 Å². The first-order valence-electron chi connectivity index (χ1n) is 4.25.